The first-order valence-electron chi connectivity index (χ1n) is 8.25. The van der Waals surface area contributed by atoms with Gasteiger partial charge in [-0.2, -0.15) is 0 Å². The van der Waals surface area contributed by atoms with E-state index in [-0.39, 0.29) is 16.9 Å². The summed E-state index contributed by atoms with van der Waals surface area (Å²) < 4.78 is 7.06. The molecular weight excluding hydrogens is 316 g/mol. The number of methoxy groups -OCH3 is 1. The van der Waals surface area contributed by atoms with Gasteiger partial charge in [-0.1, -0.05) is 24.6 Å². The van der Waals surface area contributed by atoms with E-state index in [0.717, 1.165) is 23.3 Å². The Morgan fingerprint density at radius 2 is 1.92 bits per heavy atom. The number of nitrogens with one attached hydrogen (secondary N) is 1. The van der Waals surface area contributed by atoms with Crippen molar-refractivity contribution in [2.45, 2.75) is 33.7 Å². The Kier molecular flexibility index (Phi) is 6.17. The van der Waals surface area contributed by atoms with Gasteiger partial charge in [-0.05, 0) is 38.0 Å². The van der Waals surface area contributed by atoms with Gasteiger partial charge in [-0.15, -0.1) is 0 Å². The molecular formula is C20H24N2O3. The standard InChI is InChI=1S/C20H24N2O3/c1-5-14(2)12-21-20(24)19-15(3)22(11-10-18(19)23)13-16-6-8-17(25-4)9-7-16/h6-12H,5,13H2,1-4H3,(H,21,24)/b14-12+. The van der Waals surface area contributed by atoms with Crippen LogP contribution in [0.3, 0.4) is 0 Å². The first kappa shape index (κ1) is 18.5. The van der Waals surface area contributed by atoms with Gasteiger partial charge >= 0.3 is 0 Å². The Morgan fingerprint density at radius 3 is 2.52 bits per heavy atom. The summed E-state index contributed by atoms with van der Waals surface area (Å²) in [7, 11) is 1.63. The van der Waals surface area contributed by atoms with Crippen LogP contribution < -0.4 is 15.5 Å². The van der Waals surface area contributed by atoms with Crippen LogP contribution in [0.2, 0.25) is 0 Å². The number of nitrogens with zero attached hydrogens (tertiary/aromatic N) is 1. The monoisotopic (exact) mass is 340 g/mol. The lowest BCUT2D eigenvalue weighted by Gasteiger charge is -2.14. The van der Waals surface area contributed by atoms with Gasteiger partial charge in [0.2, 0.25) is 0 Å². The fourth-order valence-electron chi connectivity index (χ4n) is 2.41. The highest BCUT2D eigenvalue weighted by Crippen LogP contribution is 2.14. The van der Waals surface area contributed by atoms with Crippen LogP contribution in [-0.2, 0) is 6.54 Å². The molecule has 0 unspecified atom stereocenters. The molecule has 0 aliphatic heterocycles. The van der Waals surface area contributed by atoms with Crippen LogP contribution in [0.1, 0.15) is 41.9 Å². The molecule has 132 valence electrons. The van der Waals surface area contributed by atoms with E-state index in [0.29, 0.717) is 12.2 Å². The lowest BCUT2D eigenvalue weighted by molar-refractivity contribution is 0.0967. The molecule has 0 fully saturated rings. The highest BCUT2D eigenvalue weighted by atomic mass is 16.5. The maximum atomic E-state index is 12.4. The molecule has 0 radical (unpaired) electrons. The molecule has 5 nitrogen and oxygen atoms in total. The second-order valence-corrected chi connectivity index (χ2v) is 5.93. The number of rotatable bonds is 6. The third kappa shape index (κ3) is 4.59. The van der Waals surface area contributed by atoms with Crippen molar-refractivity contribution in [3.63, 3.8) is 0 Å². The number of ether oxygens (including phenoxy) is 1. The minimum atomic E-state index is -0.376. The number of hydrogen-bond acceptors (Lipinski definition) is 3. The number of pyridine rings is 1. The Morgan fingerprint density at radius 1 is 1.24 bits per heavy atom. The van der Waals surface area contributed by atoms with E-state index in [2.05, 4.69) is 5.32 Å². The van der Waals surface area contributed by atoms with Crippen molar-refractivity contribution in [3.8, 4) is 5.75 Å². The zero-order chi connectivity index (χ0) is 18.4. The Bertz CT molecular complexity index is 833. The van der Waals surface area contributed by atoms with E-state index in [1.165, 1.54) is 6.07 Å². The number of carbonyl (C=O) groups is 1. The molecule has 25 heavy (non-hydrogen) atoms. The second-order valence-electron chi connectivity index (χ2n) is 5.93. The summed E-state index contributed by atoms with van der Waals surface area (Å²) in [6.07, 6.45) is 4.21. The molecule has 0 saturated carbocycles. The van der Waals surface area contributed by atoms with E-state index in [1.807, 2.05) is 42.7 Å². The molecule has 5 heteroatoms. The zero-order valence-electron chi connectivity index (χ0n) is 15.1. The second kappa shape index (κ2) is 8.33. The topological polar surface area (TPSA) is 60.3 Å². The van der Waals surface area contributed by atoms with Gasteiger partial charge < -0.3 is 14.6 Å². The predicted molar refractivity (Wildman–Crippen MR) is 99.0 cm³/mol. The van der Waals surface area contributed by atoms with E-state index in [9.17, 15) is 9.59 Å². The van der Waals surface area contributed by atoms with Gasteiger partial charge in [-0.25, -0.2) is 0 Å². The summed E-state index contributed by atoms with van der Waals surface area (Å²) >= 11 is 0. The van der Waals surface area contributed by atoms with Crippen LogP contribution in [0.25, 0.3) is 0 Å². The molecule has 1 aromatic carbocycles. The smallest absolute Gasteiger partial charge is 0.260 e. The lowest BCUT2D eigenvalue weighted by atomic mass is 10.1. The van der Waals surface area contributed by atoms with Gasteiger partial charge in [0.05, 0.1) is 7.11 Å². The van der Waals surface area contributed by atoms with E-state index in [1.54, 1.807) is 26.4 Å². The Balaban J connectivity index is 2.29. The molecule has 0 saturated heterocycles. The number of amides is 1. The van der Waals surface area contributed by atoms with Crippen LogP contribution in [0, 0.1) is 6.92 Å². The maximum absolute atomic E-state index is 12.4. The summed E-state index contributed by atoms with van der Waals surface area (Å²) in [4.78, 5) is 24.6. The highest BCUT2D eigenvalue weighted by Gasteiger charge is 2.15. The normalized spacial score (nSPS) is 11.3. The maximum Gasteiger partial charge on any atom is 0.260 e. The molecule has 2 aromatic rings. The van der Waals surface area contributed by atoms with Crippen LogP contribution >= 0.6 is 0 Å². The molecule has 0 aliphatic carbocycles. The van der Waals surface area contributed by atoms with Crippen molar-refractivity contribution in [1.82, 2.24) is 9.88 Å². The third-order valence-corrected chi connectivity index (χ3v) is 4.19. The summed E-state index contributed by atoms with van der Waals surface area (Å²) in [5, 5.41) is 2.71. The van der Waals surface area contributed by atoms with Crippen molar-refractivity contribution < 1.29 is 9.53 Å². The van der Waals surface area contributed by atoms with Crippen LogP contribution in [0.5, 0.6) is 5.75 Å². The molecule has 0 atom stereocenters. The van der Waals surface area contributed by atoms with Crippen molar-refractivity contribution >= 4 is 5.91 Å². The predicted octanol–water partition coefficient (Wildman–Crippen LogP) is 3.26. The number of carbonyl (C=O) groups excluding carboxylic acids is 1. The molecule has 1 aromatic heterocycles. The first-order chi connectivity index (χ1) is 12.0. The minimum absolute atomic E-state index is 0.177. The first-order valence-corrected chi connectivity index (χ1v) is 8.25. The molecule has 1 heterocycles. The summed E-state index contributed by atoms with van der Waals surface area (Å²) in [5.41, 5.74) is 2.64. The third-order valence-electron chi connectivity index (χ3n) is 4.19. The average Bonchev–Trinajstić information content (AvgIpc) is 2.62. The molecule has 0 aliphatic rings. The van der Waals surface area contributed by atoms with Gasteiger partial charge in [0.25, 0.3) is 5.91 Å². The van der Waals surface area contributed by atoms with Crippen LogP contribution in [0.4, 0.5) is 0 Å². The SMILES string of the molecule is CC/C(C)=C/NC(=O)c1c(C)n(Cc2ccc(OC)cc2)ccc1=O. The lowest BCUT2D eigenvalue weighted by Crippen LogP contribution is -2.28. The number of allylic oxidation sites excluding steroid dienone is 1. The van der Waals surface area contributed by atoms with Crippen molar-refractivity contribution in [3.05, 3.63) is 75.3 Å². The summed E-state index contributed by atoms with van der Waals surface area (Å²) in [6, 6.07) is 9.13. The zero-order valence-corrected chi connectivity index (χ0v) is 15.1. The quantitative estimate of drug-likeness (QED) is 0.878. The Labute approximate surface area is 147 Å². The number of hydrogen-bond donors (Lipinski definition) is 1. The van der Waals surface area contributed by atoms with Crippen LogP contribution in [-0.4, -0.2) is 17.6 Å². The molecule has 0 spiro atoms. The molecule has 1 amide bonds. The van der Waals surface area contributed by atoms with Crippen molar-refractivity contribution in [2.24, 2.45) is 0 Å². The molecule has 0 bridgehead atoms. The largest absolute Gasteiger partial charge is 0.497 e. The van der Waals surface area contributed by atoms with Gasteiger partial charge in [0, 0.05) is 30.7 Å². The fraction of sp³-hybridized carbons (Fsp3) is 0.300. The minimum Gasteiger partial charge on any atom is -0.497 e. The van der Waals surface area contributed by atoms with Crippen molar-refractivity contribution in [1.29, 1.82) is 0 Å². The average molecular weight is 340 g/mol. The summed E-state index contributed by atoms with van der Waals surface area (Å²) in [5.74, 6) is 0.415. The number of aromatic nitrogens is 1. The van der Waals surface area contributed by atoms with Crippen molar-refractivity contribution in [2.75, 3.05) is 7.11 Å². The van der Waals surface area contributed by atoms with Gasteiger partial charge in [0.15, 0.2) is 5.43 Å². The molecule has 2 rings (SSSR count). The molecule has 1 N–H and O–H groups in total. The van der Waals surface area contributed by atoms with E-state index < -0.39 is 0 Å². The van der Waals surface area contributed by atoms with Crippen LogP contribution in [0.15, 0.2) is 53.1 Å². The van der Waals surface area contributed by atoms with E-state index >= 15 is 0 Å². The fourth-order valence-corrected chi connectivity index (χ4v) is 2.41. The van der Waals surface area contributed by atoms with E-state index in [4.69, 9.17) is 4.74 Å². The summed E-state index contributed by atoms with van der Waals surface area (Å²) in [6.45, 7) is 6.30. The van der Waals surface area contributed by atoms with Gasteiger partial charge in [0.1, 0.15) is 11.3 Å². The number of benzene rings is 1. The Hall–Kier alpha value is -2.82. The highest BCUT2D eigenvalue weighted by molar-refractivity contribution is 5.95. The van der Waals surface area contributed by atoms with Gasteiger partial charge in [-0.3, -0.25) is 9.59 Å².